The molecule has 2 N–H and O–H groups in total. The molecule has 1 aromatic rings. The first kappa shape index (κ1) is 11.4. The topological polar surface area (TPSA) is 61.5 Å². The summed E-state index contributed by atoms with van der Waals surface area (Å²) in [5.74, 6) is 0.151. The molecule has 4 nitrogen and oxygen atoms in total. The van der Waals surface area contributed by atoms with Gasteiger partial charge < -0.3 is 15.2 Å². The molecule has 82 valence electrons. The van der Waals surface area contributed by atoms with Crippen LogP contribution in [0.2, 0.25) is 0 Å². The highest BCUT2D eigenvalue weighted by atomic mass is 16.5. The van der Waals surface area contributed by atoms with Gasteiger partial charge >= 0.3 is 5.97 Å². The van der Waals surface area contributed by atoms with Crippen molar-refractivity contribution >= 4 is 11.7 Å². The Hall–Kier alpha value is -1.71. The van der Waals surface area contributed by atoms with Gasteiger partial charge in [0.15, 0.2) is 0 Å². The lowest BCUT2D eigenvalue weighted by molar-refractivity contribution is -0.145. The third kappa shape index (κ3) is 3.50. The van der Waals surface area contributed by atoms with Crippen LogP contribution in [0.5, 0.6) is 5.75 Å². The number of hydrogen-bond acceptors (Lipinski definition) is 4. The molecular formula is C11H15NO3. The van der Waals surface area contributed by atoms with Gasteiger partial charge in [0.25, 0.3) is 0 Å². The van der Waals surface area contributed by atoms with E-state index in [2.05, 4.69) is 4.74 Å². The second kappa shape index (κ2) is 5.24. The van der Waals surface area contributed by atoms with Crippen molar-refractivity contribution < 1.29 is 14.3 Å². The average molecular weight is 209 g/mol. The molecule has 0 saturated heterocycles. The summed E-state index contributed by atoms with van der Waals surface area (Å²) in [4.78, 5) is 11.1. The van der Waals surface area contributed by atoms with Crippen LogP contribution in [-0.2, 0) is 9.53 Å². The minimum absolute atomic E-state index is 0.271. The standard InChI is InChI=1S/C11H15NO3/c1-8(11(13)14-2)7-15-10-5-3-9(12)4-6-10/h3-6,8H,7,12H2,1-2H3. The Balaban J connectivity index is 2.43. The van der Waals surface area contributed by atoms with Crippen LogP contribution < -0.4 is 10.5 Å². The number of esters is 1. The fourth-order valence-corrected chi connectivity index (χ4v) is 1.05. The smallest absolute Gasteiger partial charge is 0.311 e. The Morgan fingerprint density at radius 2 is 2.00 bits per heavy atom. The molecule has 0 radical (unpaired) electrons. The van der Waals surface area contributed by atoms with Gasteiger partial charge in [0, 0.05) is 5.69 Å². The minimum Gasteiger partial charge on any atom is -0.493 e. The number of nitrogen functional groups attached to an aromatic ring is 1. The maximum Gasteiger partial charge on any atom is 0.311 e. The lowest BCUT2D eigenvalue weighted by Crippen LogP contribution is -2.19. The van der Waals surface area contributed by atoms with Crippen molar-refractivity contribution in [3.63, 3.8) is 0 Å². The van der Waals surface area contributed by atoms with E-state index in [1.54, 1.807) is 31.2 Å². The lowest BCUT2D eigenvalue weighted by atomic mass is 10.2. The summed E-state index contributed by atoms with van der Waals surface area (Å²) in [7, 11) is 1.36. The van der Waals surface area contributed by atoms with E-state index in [9.17, 15) is 4.79 Å². The summed E-state index contributed by atoms with van der Waals surface area (Å²) in [6, 6.07) is 7.02. The monoisotopic (exact) mass is 209 g/mol. The predicted molar refractivity (Wildman–Crippen MR) is 57.5 cm³/mol. The van der Waals surface area contributed by atoms with Crippen LogP contribution in [0.3, 0.4) is 0 Å². The average Bonchev–Trinajstić information content (AvgIpc) is 2.26. The number of rotatable bonds is 4. The van der Waals surface area contributed by atoms with Gasteiger partial charge in [-0.1, -0.05) is 0 Å². The summed E-state index contributed by atoms with van der Waals surface area (Å²) in [6.07, 6.45) is 0. The van der Waals surface area contributed by atoms with Gasteiger partial charge in [-0.25, -0.2) is 0 Å². The maximum absolute atomic E-state index is 11.1. The molecule has 1 atom stereocenters. The highest BCUT2D eigenvalue weighted by Crippen LogP contribution is 2.14. The molecule has 1 rings (SSSR count). The van der Waals surface area contributed by atoms with Crippen molar-refractivity contribution in [3.8, 4) is 5.75 Å². The number of benzene rings is 1. The van der Waals surface area contributed by atoms with E-state index in [0.29, 0.717) is 18.0 Å². The van der Waals surface area contributed by atoms with Crippen LogP contribution in [0.15, 0.2) is 24.3 Å². The zero-order valence-corrected chi connectivity index (χ0v) is 8.90. The Morgan fingerprint density at radius 3 is 2.53 bits per heavy atom. The third-order valence-electron chi connectivity index (χ3n) is 1.98. The van der Waals surface area contributed by atoms with E-state index < -0.39 is 0 Å². The second-order valence-electron chi connectivity index (χ2n) is 3.30. The molecule has 0 bridgehead atoms. The number of carbonyl (C=O) groups is 1. The molecule has 1 unspecified atom stereocenters. The van der Waals surface area contributed by atoms with Crippen LogP contribution in [-0.4, -0.2) is 19.7 Å². The number of hydrogen-bond donors (Lipinski definition) is 1. The van der Waals surface area contributed by atoms with Gasteiger partial charge in [0.05, 0.1) is 13.0 Å². The van der Waals surface area contributed by atoms with Crippen molar-refractivity contribution in [2.45, 2.75) is 6.92 Å². The van der Waals surface area contributed by atoms with Crippen LogP contribution in [0, 0.1) is 5.92 Å². The van der Waals surface area contributed by atoms with Gasteiger partial charge in [-0.05, 0) is 31.2 Å². The number of ether oxygens (including phenoxy) is 2. The molecule has 0 fully saturated rings. The Kier molecular flexibility index (Phi) is 3.97. The molecule has 1 aromatic carbocycles. The zero-order chi connectivity index (χ0) is 11.3. The zero-order valence-electron chi connectivity index (χ0n) is 8.90. The van der Waals surface area contributed by atoms with E-state index in [1.165, 1.54) is 7.11 Å². The molecular weight excluding hydrogens is 194 g/mol. The predicted octanol–water partition coefficient (Wildman–Crippen LogP) is 1.46. The highest BCUT2D eigenvalue weighted by Gasteiger charge is 2.13. The maximum atomic E-state index is 11.1. The largest absolute Gasteiger partial charge is 0.493 e. The van der Waals surface area contributed by atoms with Crippen LogP contribution >= 0.6 is 0 Å². The van der Waals surface area contributed by atoms with Crippen molar-refractivity contribution in [2.75, 3.05) is 19.5 Å². The summed E-state index contributed by atoms with van der Waals surface area (Å²) >= 11 is 0. The van der Waals surface area contributed by atoms with E-state index in [-0.39, 0.29) is 11.9 Å². The van der Waals surface area contributed by atoms with E-state index in [4.69, 9.17) is 10.5 Å². The lowest BCUT2D eigenvalue weighted by Gasteiger charge is -2.10. The van der Waals surface area contributed by atoms with Crippen molar-refractivity contribution in [1.29, 1.82) is 0 Å². The molecule has 0 aliphatic rings. The molecule has 0 aromatic heterocycles. The molecule has 15 heavy (non-hydrogen) atoms. The summed E-state index contributed by atoms with van der Waals surface area (Å²) < 4.78 is 9.97. The molecule has 0 aliphatic carbocycles. The SMILES string of the molecule is COC(=O)C(C)COc1ccc(N)cc1. The molecule has 0 spiro atoms. The van der Waals surface area contributed by atoms with E-state index in [0.717, 1.165) is 0 Å². The molecule has 0 aliphatic heterocycles. The first-order valence-corrected chi connectivity index (χ1v) is 4.69. The van der Waals surface area contributed by atoms with Gasteiger partial charge in [0.1, 0.15) is 12.4 Å². The first-order chi connectivity index (χ1) is 7.13. The Morgan fingerprint density at radius 1 is 1.40 bits per heavy atom. The van der Waals surface area contributed by atoms with Gasteiger partial charge in [0.2, 0.25) is 0 Å². The molecule has 4 heteroatoms. The number of methoxy groups -OCH3 is 1. The number of anilines is 1. The van der Waals surface area contributed by atoms with Crippen LogP contribution in [0.4, 0.5) is 5.69 Å². The van der Waals surface area contributed by atoms with Crippen molar-refractivity contribution in [2.24, 2.45) is 5.92 Å². The third-order valence-corrected chi connectivity index (χ3v) is 1.98. The second-order valence-corrected chi connectivity index (χ2v) is 3.30. The van der Waals surface area contributed by atoms with Crippen molar-refractivity contribution in [3.05, 3.63) is 24.3 Å². The Labute approximate surface area is 89.0 Å². The Bertz CT molecular complexity index is 321. The van der Waals surface area contributed by atoms with Crippen LogP contribution in [0.1, 0.15) is 6.92 Å². The quantitative estimate of drug-likeness (QED) is 0.602. The fourth-order valence-electron chi connectivity index (χ4n) is 1.05. The molecule has 0 heterocycles. The normalized spacial score (nSPS) is 11.9. The first-order valence-electron chi connectivity index (χ1n) is 4.69. The van der Waals surface area contributed by atoms with Gasteiger partial charge in [-0.15, -0.1) is 0 Å². The van der Waals surface area contributed by atoms with E-state index >= 15 is 0 Å². The molecule has 0 saturated carbocycles. The highest BCUT2D eigenvalue weighted by molar-refractivity contribution is 5.71. The minimum atomic E-state index is -0.273. The van der Waals surface area contributed by atoms with Crippen LogP contribution in [0.25, 0.3) is 0 Å². The van der Waals surface area contributed by atoms with E-state index in [1.807, 2.05) is 0 Å². The number of carbonyl (C=O) groups excluding carboxylic acids is 1. The number of nitrogens with two attached hydrogens (primary N) is 1. The fraction of sp³-hybridized carbons (Fsp3) is 0.364. The summed E-state index contributed by atoms with van der Waals surface area (Å²) in [5, 5.41) is 0. The van der Waals surface area contributed by atoms with Gasteiger partial charge in [-0.3, -0.25) is 4.79 Å². The molecule has 0 amide bonds. The van der Waals surface area contributed by atoms with Crippen molar-refractivity contribution in [1.82, 2.24) is 0 Å². The van der Waals surface area contributed by atoms with Gasteiger partial charge in [-0.2, -0.15) is 0 Å². The summed E-state index contributed by atoms with van der Waals surface area (Å²) in [5.41, 5.74) is 6.21. The summed E-state index contributed by atoms with van der Waals surface area (Å²) in [6.45, 7) is 2.06.